The summed E-state index contributed by atoms with van der Waals surface area (Å²) in [5, 5.41) is 3.02. The molecule has 4 N–H and O–H groups in total. The first-order valence-corrected chi connectivity index (χ1v) is 7.11. The molecule has 1 fully saturated rings. The molecule has 0 saturated carbocycles. The molecule has 1 saturated heterocycles. The summed E-state index contributed by atoms with van der Waals surface area (Å²) in [5.41, 5.74) is 5.24. The second-order valence-corrected chi connectivity index (χ2v) is 5.04. The first kappa shape index (κ1) is 14.6. The number of anilines is 2. The van der Waals surface area contributed by atoms with E-state index in [1.54, 1.807) is 0 Å². The van der Waals surface area contributed by atoms with E-state index in [2.05, 4.69) is 10.3 Å². The van der Waals surface area contributed by atoms with Gasteiger partial charge in [-0.2, -0.15) is 0 Å². The summed E-state index contributed by atoms with van der Waals surface area (Å²) < 4.78 is 6.98. The lowest BCUT2D eigenvalue weighted by atomic mass is 10.1. The normalized spacial score (nSPS) is 18.9. The van der Waals surface area contributed by atoms with E-state index >= 15 is 0 Å². The Balaban J connectivity index is 2.16. The molecule has 7 heteroatoms. The van der Waals surface area contributed by atoms with Gasteiger partial charge in [0.2, 0.25) is 0 Å². The number of hydrogen-bond acceptors (Lipinski definition) is 5. The van der Waals surface area contributed by atoms with E-state index in [0.29, 0.717) is 13.1 Å². The van der Waals surface area contributed by atoms with Crippen LogP contribution in [0.5, 0.6) is 0 Å². The fraction of sp³-hybridized carbons (Fsp3) is 0.692. The van der Waals surface area contributed by atoms with Crippen LogP contribution in [0.15, 0.2) is 9.59 Å². The molecule has 0 aliphatic carbocycles. The fourth-order valence-electron chi connectivity index (χ4n) is 2.39. The highest BCUT2D eigenvalue weighted by Gasteiger charge is 2.16. The van der Waals surface area contributed by atoms with Crippen molar-refractivity contribution < 1.29 is 4.74 Å². The summed E-state index contributed by atoms with van der Waals surface area (Å²) in [6.07, 6.45) is 4.04. The van der Waals surface area contributed by atoms with Crippen LogP contribution in [0.3, 0.4) is 0 Å². The van der Waals surface area contributed by atoms with E-state index in [-0.39, 0.29) is 17.6 Å². The maximum atomic E-state index is 11.8. The van der Waals surface area contributed by atoms with Crippen molar-refractivity contribution in [3.05, 3.63) is 20.8 Å². The Labute approximate surface area is 117 Å². The molecule has 112 valence electrons. The van der Waals surface area contributed by atoms with Crippen molar-refractivity contribution in [2.75, 3.05) is 24.2 Å². The number of nitrogens with one attached hydrogen (secondary N) is 2. The molecule has 1 atom stereocenters. The van der Waals surface area contributed by atoms with Gasteiger partial charge in [-0.3, -0.25) is 14.3 Å². The molecule has 1 aliphatic heterocycles. The van der Waals surface area contributed by atoms with Gasteiger partial charge < -0.3 is 15.8 Å². The Morgan fingerprint density at radius 2 is 2.25 bits per heavy atom. The maximum Gasteiger partial charge on any atom is 0.330 e. The van der Waals surface area contributed by atoms with Crippen LogP contribution in [0.25, 0.3) is 0 Å². The lowest BCUT2D eigenvalue weighted by Crippen LogP contribution is -2.36. The molecule has 2 heterocycles. The molecule has 1 aliphatic rings. The van der Waals surface area contributed by atoms with Crippen molar-refractivity contribution in [1.29, 1.82) is 0 Å². The van der Waals surface area contributed by atoms with Crippen molar-refractivity contribution in [3.8, 4) is 0 Å². The van der Waals surface area contributed by atoms with E-state index < -0.39 is 11.2 Å². The van der Waals surface area contributed by atoms with Gasteiger partial charge in [-0.15, -0.1) is 0 Å². The zero-order chi connectivity index (χ0) is 14.5. The monoisotopic (exact) mass is 282 g/mol. The molecule has 0 amide bonds. The zero-order valence-electron chi connectivity index (χ0n) is 11.8. The highest BCUT2D eigenvalue weighted by Crippen LogP contribution is 2.15. The lowest BCUT2D eigenvalue weighted by Gasteiger charge is -2.23. The van der Waals surface area contributed by atoms with Crippen LogP contribution in [0.2, 0.25) is 0 Å². The van der Waals surface area contributed by atoms with Crippen molar-refractivity contribution in [2.24, 2.45) is 0 Å². The van der Waals surface area contributed by atoms with Gasteiger partial charge in [0.05, 0.1) is 6.10 Å². The van der Waals surface area contributed by atoms with Crippen LogP contribution in [0.1, 0.15) is 32.6 Å². The summed E-state index contributed by atoms with van der Waals surface area (Å²) in [6.45, 7) is 3.71. The summed E-state index contributed by atoms with van der Waals surface area (Å²) in [5.74, 6) is 0.191. The molecule has 0 aromatic carbocycles. The van der Waals surface area contributed by atoms with Gasteiger partial charge in [0.15, 0.2) is 0 Å². The van der Waals surface area contributed by atoms with E-state index in [4.69, 9.17) is 10.5 Å². The number of nitrogen functional groups attached to an aromatic ring is 1. The minimum atomic E-state index is -0.476. The molecular formula is C13H22N4O3. The molecular weight excluding hydrogens is 260 g/mol. The first-order chi connectivity index (χ1) is 9.63. The average molecular weight is 282 g/mol. The number of aromatic amines is 1. The van der Waals surface area contributed by atoms with Crippen molar-refractivity contribution in [1.82, 2.24) is 9.55 Å². The molecule has 1 aromatic heterocycles. The Hall–Kier alpha value is -1.76. The van der Waals surface area contributed by atoms with Crippen LogP contribution in [-0.2, 0) is 11.3 Å². The van der Waals surface area contributed by atoms with Crippen molar-refractivity contribution in [2.45, 2.75) is 45.3 Å². The molecule has 0 radical (unpaired) electrons. The van der Waals surface area contributed by atoms with E-state index in [0.717, 1.165) is 32.3 Å². The largest absolute Gasteiger partial charge is 0.383 e. The van der Waals surface area contributed by atoms with Gasteiger partial charge in [-0.05, 0) is 25.7 Å². The predicted octanol–water partition coefficient (Wildman–Crippen LogP) is 0.510. The molecule has 1 unspecified atom stereocenters. The SMILES string of the molecule is CCCn1c(N)c(NCC2CCCCO2)c(=O)[nH]c1=O. The number of nitrogens with two attached hydrogens (primary N) is 1. The number of rotatable bonds is 5. The van der Waals surface area contributed by atoms with E-state index in [1.807, 2.05) is 6.92 Å². The van der Waals surface area contributed by atoms with Crippen LogP contribution in [-0.4, -0.2) is 28.8 Å². The topological polar surface area (TPSA) is 102 Å². The van der Waals surface area contributed by atoms with Crippen LogP contribution in [0, 0.1) is 0 Å². The fourth-order valence-corrected chi connectivity index (χ4v) is 2.39. The molecule has 20 heavy (non-hydrogen) atoms. The Bertz CT molecular complexity index is 558. The number of nitrogens with zero attached hydrogens (tertiary/aromatic N) is 1. The Morgan fingerprint density at radius 3 is 2.90 bits per heavy atom. The Morgan fingerprint density at radius 1 is 1.45 bits per heavy atom. The summed E-state index contributed by atoms with van der Waals surface area (Å²) in [4.78, 5) is 25.8. The van der Waals surface area contributed by atoms with E-state index in [9.17, 15) is 9.59 Å². The average Bonchev–Trinajstić information content (AvgIpc) is 2.44. The maximum absolute atomic E-state index is 11.8. The highest BCUT2D eigenvalue weighted by molar-refractivity contribution is 5.60. The quantitative estimate of drug-likeness (QED) is 0.730. The third kappa shape index (κ3) is 3.22. The molecule has 0 spiro atoms. The predicted molar refractivity (Wildman–Crippen MR) is 78.1 cm³/mol. The highest BCUT2D eigenvalue weighted by atomic mass is 16.5. The van der Waals surface area contributed by atoms with Crippen LogP contribution in [0.4, 0.5) is 11.5 Å². The third-order valence-corrected chi connectivity index (χ3v) is 3.47. The summed E-state index contributed by atoms with van der Waals surface area (Å²) in [6, 6.07) is 0. The Kier molecular flexibility index (Phi) is 4.84. The standard InChI is InChI=1S/C13H22N4O3/c1-2-6-17-11(14)10(12(18)16-13(17)19)15-8-9-5-3-4-7-20-9/h9,15H,2-8,14H2,1H3,(H,16,18,19). The first-order valence-electron chi connectivity index (χ1n) is 7.11. The number of hydrogen-bond donors (Lipinski definition) is 3. The van der Waals surface area contributed by atoms with Gasteiger partial charge in [0, 0.05) is 19.7 Å². The lowest BCUT2D eigenvalue weighted by molar-refractivity contribution is 0.0247. The van der Waals surface area contributed by atoms with Gasteiger partial charge >= 0.3 is 5.69 Å². The molecule has 7 nitrogen and oxygen atoms in total. The number of H-pyrrole nitrogens is 1. The van der Waals surface area contributed by atoms with Gasteiger partial charge in [0.25, 0.3) is 5.56 Å². The summed E-state index contributed by atoms with van der Waals surface area (Å²) in [7, 11) is 0. The van der Waals surface area contributed by atoms with Crippen molar-refractivity contribution in [3.63, 3.8) is 0 Å². The zero-order valence-corrected chi connectivity index (χ0v) is 11.8. The van der Waals surface area contributed by atoms with Gasteiger partial charge in [0.1, 0.15) is 11.5 Å². The minimum Gasteiger partial charge on any atom is -0.383 e. The summed E-state index contributed by atoms with van der Waals surface area (Å²) >= 11 is 0. The van der Waals surface area contributed by atoms with Crippen molar-refractivity contribution >= 4 is 11.5 Å². The number of aromatic nitrogens is 2. The van der Waals surface area contributed by atoms with Crippen LogP contribution < -0.4 is 22.3 Å². The molecule has 2 rings (SSSR count). The van der Waals surface area contributed by atoms with E-state index in [1.165, 1.54) is 4.57 Å². The van der Waals surface area contributed by atoms with Gasteiger partial charge in [-0.25, -0.2) is 4.79 Å². The number of ether oxygens (including phenoxy) is 1. The van der Waals surface area contributed by atoms with Crippen LogP contribution >= 0.6 is 0 Å². The smallest absolute Gasteiger partial charge is 0.330 e. The molecule has 1 aromatic rings. The minimum absolute atomic E-state index is 0.0918. The second kappa shape index (κ2) is 6.60. The third-order valence-electron chi connectivity index (χ3n) is 3.47. The second-order valence-electron chi connectivity index (χ2n) is 5.04. The van der Waals surface area contributed by atoms with Gasteiger partial charge in [-0.1, -0.05) is 6.92 Å². The molecule has 0 bridgehead atoms.